The van der Waals surface area contributed by atoms with Crippen molar-refractivity contribution in [3.63, 3.8) is 0 Å². The lowest BCUT2D eigenvalue weighted by Crippen LogP contribution is -2.38. The zero-order chi connectivity index (χ0) is 26.7. The Morgan fingerprint density at radius 1 is 1.24 bits per heavy atom. The zero-order valence-electron chi connectivity index (χ0n) is 21.2. The number of nitrogens with one attached hydrogen (secondary N) is 2. The molecule has 0 saturated carbocycles. The number of hydrogen-bond donors (Lipinski definition) is 2. The van der Waals surface area contributed by atoms with E-state index >= 15 is 0 Å². The van der Waals surface area contributed by atoms with Gasteiger partial charge in [-0.25, -0.2) is 23.7 Å². The summed E-state index contributed by atoms with van der Waals surface area (Å²) in [5, 5.41) is 7.23. The summed E-state index contributed by atoms with van der Waals surface area (Å²) in [7, 11) is 1.88. The van der Waals surface area contributed by atoms with Gasteiger partial charge in [0.1, 0.15) is 12.3 Å². The van der Waals surface area contributed by atoms with Gasteiger partial charge >= 0.3 is 0 Å². The lowest BCUT2D eigenvalue weighted by molar-refractivity contribution is 0.287. The number of rotatable bonds is 9. The first-order valence-corrected chi connectivity index (χ1v) is 12.7. The molecule has 1 aliphatic heterocycles. The Hall–Kier alpha value is -3.63. The van der Waals surface area contributed by atoms with Crippen molar-refractivity contribution in [2.45, 2.75) is 26.3 Å². The molecule has 2 N–H and O–H groups in total. The van der Waals surface area contributed by atoms with Crippen molar-refractivity contribution >= 4 is 40.8 Å². The molecule has 0 atom stereocenters. The Labute approximate surface area is 218 Å². The lowest BCUT2D eigenvalue weighted by Gasteiger charge is -2.34. The second-order valence-corrected chi connectivity index (χ2v) is 9.99. The fourth-order valence-corrected chi connectivity index (χ4v) is 4.66. The summed E-state index contributed by atoms with van der Waals surface area (Å²) < 4.78 is 36.0. The minimum Gasteiger partial charge on any atom is -0.486 e. The smallest absolute Gasteiger partial charge is 0.229 e. The van der Waals surface area contributed by atoms with E-state index in [1.54, 1.807) is 6.07 Å². The molecule has 10 heteroatoms. The van der Waals surface area contributed by atoms with Gasteiger partial charge in [-0.05, 0) is 63.2 Å². The van der Waals surface area contributed by atoms with Gasteiger partial charge in [-0.15, -0.1) is 0 Å². The van der Waals surface area contributed by atoms with E-state index in [0.717, 1.165) is 34.8 Å². The van der Waals surface area contributed by atoms with Crippen LogP contribution < -0.4 is 30.2 Å². The molecule has 4 rings (SSSR count). The molecule has 3 heterocycles. The van der Waals surface area contributed by atoms with E-state index in [1.807, 2.05) is 31.9 Å². The molecular formula is C27H30F2N6OS. The first-order chi connectivity index (χ1) is 17.7. The van der Waals surface area contributed by atoms with Crippen LogP contribution in [0.3, 0.4) is 0 Å². The van der Waals surface area contributed by atoms with Crippen LogP contribution in [0, 0.1) is 11.6 Å². The lowest BCUT2D eigenvalue weighted by atomic mass is 10.1. The van der Waals surface area contributed by atoms with Crippen LogP contribution in [0.25, 0.3) is 23.9 Å². The summed E-state index contributed by atoms with van der Waals surface area (Å²) >= 11 is 1.31. The summed E-state index contributed by atoms with van der Waals surface area (Å²) in [4.78, 5) is 15.0. The van der Waals surface area contributed by atoms with Gasteiger partial charge in [0.05, 0.1) is 23.8 Å². The third-order valence-corrected chi connectivity index (χ3v) is 6.78. The number of benzene rings is 1. The molecule has 0 fully saturated rings. The van der Waals surface area contributed by atoms with E-state index in [9.17, 15) is 8.78 Å². The molecule has 0 radical (unpaired) electrons. The van der Waals surface area contributed by atoms with E-state index < -0.39 is 11.6 Å². The van der Waals surface area contributed by atoms with Crippen molar-refractivity contribution in [1.82, 2.24) is 20.3 Å². The van der Waals surface area contributed by atoms with Crippen LogP contribution in [0.2, 0.25) is 0 Å². The summed E-state index contributed by atoms with van der Waals surface area (Å²) in [5.41, 5.74) is 2.51. The van der Waals surface area contributed by atoms with E-state index in [0.29, 0.717) is 29.3 Å². The van der Waals surface area contributed by atoms with Crippen LogP contribution in [-0.2, 0) is 0 Å². The van der Waals surface area contributed by atoms with E-state index in [2.05, 4.69) is 45.3 Å². The summed E-state index contributed by atoms with van der Waals surface area (Å²) in [6.45, 7) is 18.0. The van der Waals surface area contributed by atoms with E-state index in [-0.39, 0.29) is 29.0 Å². The van der Waals surface area contributed by atoms with Gasteiger partial charge in [0, 0.05) is 16.1 Å². The highest BCUT2D eigenvalue weighted by Gasteiger charge is 2.25. The maximum Gasteiger partial charge on any atom is 0.229 e. The molecule has 0 amide bonds. The molecule has 2 aromatic heterocycles. The highest BCUT2D eigenvalue weighted by atomic mass is 32.1. The minimum atomic E-state index is -0.667. The Kier molecular flexibility index (Phi) is 7.99. The van der Waals surface area contributed by atoms with Crippen molar-refractivity contribution in [1.29, 1.82) is 0 Å². The number of anilines is 3. The van der Waals surface area contributed by atoms with Gasteiger partial charge in [0.2, 0.25) is 5.95 Å². The van der Waals surface area contributed by atoms with E-state index in [4.69, 9.17) is 4.74 Å². The quantitative estimate of drug-likeness (QED) is 0.408. The topological polar surface area (TPSA) is 75.2 Å². The van der Waals surface area contributed by atoms with Gasteiger partial charge in [-0.2, -0.15) is 0 Å². The molecule has 0 aliphatic carbocycles. The zero-order valence-corrected chi connectivity index (χ0v) is 22.0. The predicted molar refractivity (Wildman–Crippen MR) is 147 cm³/mol. The second-order valence-electron chi connectivity index (χ2n) is 8.91. The molecule has 3 aromatic rings. The van der Waals surface area contributed by atoms with Crippen molar-refractivity contribution in [2.75, 3.05) is 37.0 Å². The highest BCUT2D eigenvalue weighted by Crippen LogP contribution is 2.39. The number of aromatic nitrogens is 3. The molecule has 1 aliphatic rings. The summed E-state index contributed by atoms with van der Waals surface area (Å²) in [5.74, 6) is -0.936. The van der Waals surface area contributed by atoms with Crippen molar-refractivity contribution in [3.05, 3.63) is 64.1 Å². The Bertz CT molecular complexity index is 1450. The first kappa shape index (κ1) is 26.4. The average molecular weight is 525 g/mol. The van der Waals surface area contributed by atoms with Gasteiger partial charge in [0.15, 0.2) is 22.5 Å². The maximum atomic E-state index is 14.9. The third kappa shape index (κ3) is 5.86. The van der Waals surface area contributed by atoms with Gasteiger partial charge in [0.25, 0.3) is 0 Å². The molecule has 0 saturated heterocycles. The molecule has 0 bridgehead atoms. The van der Waals surface area contributed by atoms with Crippen LogP contribution in [0.5, 0.6) is 5.75 Å². The van der Waals surface area contributed by atoms with Gasteiger partial charge < -0.3 is 15.0 Å². The maximum absolute atomic E-state index is 14.9. The van der Waals surface area contributed by atoms with Gasteiger partial charge in [-0.3, -0.25) is 5.32 Å². The SMILES string of the molecule is C=C(/C=c1/nc(Nc2ncc(F)c(-c3cc(F)c4c(c3)N(C(C)C)CCO4)n2)sc1=C)C(=C)CCNC. The van der Waals surface area contributed by atoms with Crippen LogP contribution >= 0.6 is 11.3 Å². The van der Waals surface area contributed by atoms with Crippen LogP contribution in [0.1, 0.15) is 20.3 Å². The number of fused-ring (bicyclic) bond motifs is 1. The fourth-order valence-electron chi connectivity index (χ4n) is 3.93. The van der Waals surface area contributed by atoms with Crippen LogP contribution in [0.4, 0.5) is 25.5 Å². The Balaban J connectivity index is 1.63. The van der Waals surface area contributed by atoms with Crippen LogP contribution in [0.15, 0.2) is 42.6 Å². The largest absolute Gasteiger partial charge is 0.486 e. The number of halogens is 2. The molecule has 0 spiro atoms. The van der Waals surface area contributed by atoms with E-state index in [1.165, 1.54) is 17.4 Å². The minimum absolute atomic E-state index is 0.0270. The highest BCUT2D eigenvalue weighted by molar-refractivity contribution is 7.13. The normalized spacial score (nSPS) is 13.5. The Morgan fingerprint density at radius 3 is 2.76 bits per heavy atom. The third-order valence-electron chi connectivity index (χ3n) is 5.94. The van der Waals surface area contributed by atoms with Crippen molar-refractivity contribution < 1.29 is 13.5 Å². The van der Waals surface area contributed by atoms with Crippen molar-refractivity contribution in [2.24, 2.45) is 0 Å². The number of nitrogens with zero attached hydrogens (tertiary/aromatic N) is 4. The molecule has 1 aromatic carbocycles. The number of allylic oxidation sites excluding steroid dienone is 1. The molecule has 194 valence electrons. The molecule has 7 nitrogen and oxygen atoms in total. The predicted octanol–water partition coefficient (Wildman–Crippen LogP) is 4.14. The standard InChI is InChI=1S/C27H30F2N6OS/c1-15(2)35-9-10-36-25-20(28)12-19(13-23(25)35)24-21(29)14-31-26(33-24)34-27-32-22(18(5)37-27)11-17(4)16(3)7-8-30-6/h11-15,30H,3-5,7-10H2,1-2,6H3,(H,31,32,33,34)/b22-11+. The molecule has 37 heavy (non-hydrogen) atoms. The number of hydrogen-bond acceptors (Lipinski definition) is 8. The number of ether oxygens (including phenoxy) is 1. The van der Waals surface area contributed by atoms with Gasteiger partial charge in [-0.1, -0.05) is 31.1 Å². The van der Waals surface area contributed by atoms with Crippen LogP contribution in [-0.4, -0.2) is 47.7 Å². The molecular weight excluding hydrogens is 494 g/mol. The summed E-state index contributed by atoms with van der Waals surface area (Å²) in [6.07, 6.45) is 3.65. The monoisotopic (exact) mass is 524 g/mol. The molecule has 0 unspecified atom stereocenters. The first-order valence-electron chi connectivity index (χ1n) is 11.9. The number of thiazole rings is 1. The second kappa shape index (κ2) is 11.2. The summed E-state index contributed by atoms with van der Waals surface area (Å²) in [6, 6.07) is 3.05. The van der Waals surface area contributed by atoms with Crippen molar-refractivity contribution in [3.8, 4) is 17.0 Å². The fraction of sp³-hybridized carbons (Fsp3) is 0.296. The average Bonchev–Trinajstić information content (AvgIpc) is 3.21. The Morgan fingerprint density at radius 2 is 2.03 bits per heavy atom.